The van der Waals surface area contributed by atoms with Gasteiger partial charge >= 0.3 is 5.97 Å². The van der Waals surface area contributed by atoms with Gasteiger partial charge in [-0.15, -0.1) is 12.4 Å². The van der Waals surface area contributed by atoms with Gasteiger partial charge in [0.25, 0.3) is 10.0 Å². The molecule has 0 aliphatic rings. The molecule has 2 N–H and O–H groups in total. The van der Waals surface area contributed by atoms with E-state index in [0.717, 1.165) is 6.07 Å². The second-order valence-electron chi connectivity index (χ2n) is 4.17. The Morgan fingerprint density at radius 1 is 1.27 bits per heavy atom. The Morgan fingerprint density at radius 3 is 2.55 bits per heavy atom. The molecule has 0 saturated heterocycles. The highest BCUT2D eigenvalue weighted by atomic mass is 35.5. The molecule has 0 unspecified atom stereocenters. The molecule has 22 heavy (non-hydrogen) atoms. The van der Waals surface area contributed by atoms with Crippen LogP contribution in [0.4, 0.5) is 0 Å². The Morgan fingerprint density at radius 2 is 1.95 bits per heavy atom. The summed E-state index contributed by atoms with van der Waals surface area (Å²) in [5.74, 6) is -0.445. The fraction of sp³-hybridized carbons (Fsp3) is 0.583. The molecule has 0 spiro atoms. The van der Waals surface area contributed by atoms with Gasteiger partial charge in [0.05, 0.1) is 13.7 Å². The minimum Gasteiger partial charge on any atom is -0.465 e. The van der Waals surface area contributed by atoms with Crippen molar-refractivity contribution in [2.75, 3.05) is 40.5 Å². The first kappa shape index (κ1) is 20.9. The number of furan rings is 1. The molecule has 128 valence electrons. The van der Waals surface area contributed by atoms with Crippen molar-refractivity contribution in [2.45, 2.75) is 12.0 Å². The minimum atomic E-state index is -3.79. The van der Waals surface area contributed by atoms with Gasteiger partial charge in [0.15, 0.2) is 0 Å². The Labute approximate surface area is 136 Å². The smallest absolute Gasteiger partial charge is 0.341 e. The molecule has 0 aliphatic carbocycles. The zero-order valence-corrected chi connectivity index (χ0v) is 14.3. The molecule has 0 fully saturated rings. The summed E-state index contributed by atoms with van der Waals surface area (Å²) in [4.78, 5) is 11.4. The van der Waals surface area contributed by atoms with Crippen LogP contribution in [0.15, 0.2) is 15.6 Å². The van der Waals surface area contributed by atoms with E-state index in [9.17, 15) is 13.2 Å². The molecule has 0 radical (unpaired) electrons. The van der Waals surface area contributed by atoms with Crippen molar-refractivity contribution in [1.29, 1.82) is 0 Å². The minimum absolute atomic E-state index is 0. The van der Waals surface area contributed by atoms with Crippen LogP contribution in [0.25, 0.3) is 0 Å². The van der Waals surface area contributed by atoms with Gasteiger partial charge in [-0.1, -0.05) is 0 Å². The molecular formula is C12H21ClN2O6S. The third kappa shape index (κ3) is 5.93. The quantitative estimate of drug-likeness (QED) is 0.484. The lowest BCUT2D eigenvalue weighted by atomic mass is 10.3. The third-order valence-corrected chi connectivity index (χ3v) is 3.96. The van der Waals surface area contributed by atoms with Crippen LogP contribution in [0.5, 0.6) is 0 Å². The highest BCUT2D eigenvalue weighted by Crippen LogP contribution is 2.19. The summed E-state index contributed by atoms with van der Waals surface area (Å²) in [6, 6.07) is 1.15. The number of aryl methyl sites for hydroxylation is 1. The monoisotopic (exact) mass is 356 g/mol. The summed E-state index contributed by atoms with van der Waals surface area (Å²) in [5.41, 5.74) is 0.0936. The zero-order valence-electron chi connectivity index (χ0n) is 12.7. The van der Waals surface area contributed by atoms with E-state index >= 15 is 0 Å². The van der Waals surface area contributed by atoms with E-state index in [0.29, 0.717) is 19.7 Å². The van der Waals surface area contributed by atoms with Crippen LogP contribution in [0, 0.1) is 6.92 Å². The van der Waals surface area contributed by atoms with Crippen LogP contribution in [0.2, 0.25) is 0 Å². The van der Waals surface area contributed by atoms with Gasteiger partial charge in [0.2, 0.25) is 5.09 Å². The highest BCUT2D eigenvalue weighted by Gasteiger charge is 2.23. The first-order valence-electron chi connectivity index (χ1n) is 6.30. The fourth-order valence-corrected chi connectivity index (χ4v) is 2.56. The van der Waals surface area contributed by atoms with Gasteiger partial charge in [-0.05, 0) is 6.92 Å². The average Bonchev–Trinajstić information content (AvgIpc) is 2.84. The second-order valence-corrected chi connectivity index (χ2v) is 5.87. The van der Waals surface area contributed by atoms with Crippen LogP contribution >= 0.6 is 12.4 Å². The lowest BCUT2D eigenvalue weighted by molar-refractivity contribution is 0.0599. The number of carbonyl (C=O) groups is 1. The molecule has 0 amide bonds. The molecule has 1 heterocycles. The van der Waals surface area contributed by atoms with Crippen molar-refractivity contribution < 1.29 is 27.1 Å². The van der Waals surface area contributed by atoms with E-state index in [1.54, 1.807) is 7.11 Å². The van der Waals surface area contributed by atoms with Crippen molar-refractivity contribution in [1.82, 2.24) is 10.0 Å². The van der Waals surface area contributed by atoms with E-state index < -0.39 is 16.0 Å². The number of rotatable bonds is 9. The van der Waals surface area contributed by atoms with Crippen LogP contribution < -0.4 is 10.0 Å². The number of carbonyl (C=O) groups excluding carboxylic acids is 1. The molecule has 0 atom stereocenters. The number of halogens is 1. The molecule has 8 nitrogen and oxygen atoms in total. The standard InChI is InChI=1S/C12H20N2O6S.ClH/c1-9-10(12(15)19-3)8-11(20-9)21(16,17)14-5-4-13-6-7-18-2;/h8,13-14H,4-7H2,1-3H3;1H. The number of hydrogen-bond donors (Lipinski definition) is 2. The van der Waals surface area contributed by atoms with Crippen LogP contribution in [-0.2, 0) is 19.5 Å². The van der Waals surface area contributed by atoms with Gasteiger partial charge in [0.1, 0.15) is 11.3 Å². The molecule has 1 aromatic heterocycles. The number of nitrogens with one attached hydrogen (secondary N) is 2. The van der Waals surface area contributed by atoms with Crippen molar-refractivity contribution in [3.8, 4) is 0 Å². The normalized spacial score (nSPS) is 11.0. The van der Waals surface area contributed by atoms with E-state index in [1.807, 2.05) is 0 Å². The summed E-state index contributed by atoms with van der Waals surface area (Å²) in [5, 5.41) is 2.69. The molecule has 0 aliphatic heterocycles. The predicted molar refractivity (Wildman–Crippen MR) is 82.0 cm³/mol. The maximum absolute atomic E-state index is 12.0. The largest absolute Gasteiger partial charge is 0.465 e. The van der Waals surface area contributed by atoms with E-state index in [1.165, 1.54) is 14.0 Å². The molecule has 0 saturated carbocycles. The molecule has 10 heteroatoms. The summed E-state index contributed by atoms with van der Waals surface area (Å²) >= 11 is 0. The van der Waals surface area contributed by atoms with Gasteiger partial charge in [0, 0.05) is 32.8 Å². The molecule has 1 rings (SSSR count). The maximum atomic E-state index is 12.0. The summed E-state index contributed by atoms with van der Waals surface area (Å²) in [6.07, 6.45) is 0. The Balaban J connectivity index is 0.00000441. The molecule has 0 aromatic carbocycles. The lowest BCUT2D eigenvalue weighted by Gasteiger charge is -2.05. The first-order valence-corrected chi connectivity index (χ1v) is 7.78. The van der Waals surface area contributed by atoms with Crippen molar-refractivity contribution >= 4 is 28.4 Å². The number of esters is 1. The van der Waals surface area contributed by atoms with E-state index in [-0.39, 0.29) is 35.4 Å². The predicted octanol–water partition coefficient (Wildman–Crippen LogP) is 0.311. The first-order chi connectivity index (χ1) is 9.92. The third-order valence-electron chi connectivity index (χ3n) is 2.64. The maximum Gasteiger partial charge on any atom is 0.341 e. The molecule has 0 bridgehead atoms. The van der Waals surface area contributed by atoms with Crippen molar-refractivity contribution in [3.63, 3.8) is 0 Å². The Hall–Kier alpha value is -1.13. The average molecular weight is 357 g/mol. The molecule has 1 aromatic rings. The zero-order chi connectivity index (χ0) is 15.9. The molecular weight excluding hydrogens is 336 g/mol. The summed E-state index contributed by atoms with van der Waals surface area (Å²) in [7, 11) is -0.991. The highest BCUT2D eigenvalue weighted by molar-refractivity contribution is 7.89. The second kappa shape index (κ2) is 9.80. The van der Waals surface area contributed by atoms with Gasteiger partial charge in [-0.2, -0.15) is 0 Å². The lowest BCUT2D eigenvalue weighted by Crippen LogP contribution is -2.33. The number of hydrogen-bond acceptors (Lipinski definition) is 7. The number of methoxy groups -OCH3 is 2. The summed E-state index contributed by atoms with van der Waals surface area (Å²) in [6.45, 7) is 3.32. The van der Waals surface area contributed by atoms with Crippen LogP contribution in [0.3, 0.4) is 0 Å². The Bertz CT molecular complexity index is 572. The fourth-order valence-electron chi connectivity index (χ4n) is 1.54. The van der Waals surface area contributed by atoms with E-state index in [4.69, 9.17) is 9.15 Å². The number of ether oxygens (including phenoxy) is 2. The topological polar surface area (TPSA) is 107 Å². The Kier molecular flexibility index (Phi) is 9.30. The SMILES string of the molecule is COCCNCCNS(=O)(=O)c1cc(C(=O)OC)c(C)o1.Cl. The van der Waals surface area contributed by atoms with Crippen LogP contribution in [0.1, 0.15) is 16.1 Å². The van der Waals surface area contributed by atoms with E-state index in [2.05, 4.69) is 14.8 Å². The van der Waals surface area contributed by atoms with Gasteiger partial charge in [-0.25, -0.2) is 17.9 Å². The van der Waals surface area contributed by atoms with Gasteiger partial charge < -0.3 is 19.2 Å². The van der Waals surface area contributed by atoms with Crippen LogP contribution in [-0.4, -0.2) is 54.8 Å². The number of sulfonamides is 1. The van der Waals surface area contributed by atoms with Crippen molar-refractivity contribution in [3.05, 3.63) is 17.4 Å². The van der Waals surface area contributed by atoms with Gasteiger partial charge in [-0.3, -0.25) is 0 Å². The summed E-state index contributed by atoms with van der Waals surface area (Å²) < 4.78 is 40.8. The van der Waals surface area contributed by atoms with Crippen molar-refractivity contribution in [2.24, 2.45) is 0 Å².